The predicted octanol–water partition coefficient (Wildman–Crippen LogP) is 2.00. The van der Waals surface area contributed by atoms with Crippen molar-refractivity contribution in [3.8, 4) is 0 Å². The van der Waals surface area contributed by atoms with Crippen LogP contribution in [0.2, 0.25) is 0 Å². The summed E-state index contributed by atoms with van der Waals surface area (Å²) in [4.78, 5) is 3.42. The number of hydrogen-bond donors (Lipinski definition) is 2. The summed E-state index contributed by atoms with van der Waals surface area (Å²) in [5.41, 5.74) is 5.59. The second kappa shape index (κ2) is 3.38. The minimum absolute atomic E-state index is 0.978. The maximum absolute atomic E-state index is 3.42. The van der Waals surface area contributed by atoms with Gasteiger partial charge in [-0.05, 0) is 44.0 Å². The summed E-state index contributed by atoms with van der Waals surface area (Å²) >= 11 is 0. The van der Waals surface area contributed by atoms with Crippen LogP contribution in [0.3, 0.4) is 0 Å². The fourth-order valence-corrected chi connectivity index (χ4v) is 2.01. The number of aromatic amines is 1. The van der Waals surface area contributed by atoms with Crippen LogP contribution in [-0.4, -0.2) is 12.0 Å². The molecule has 0 amide bonds. The van der Waals surface area contributed by atoms with E-state index in [0.29, 0.717) is 0 Å². The maximum Gasteiger partial charge on any atom is 0.0415 e. The van der Waals surface area contributed by atoms with Crippen LogP contribution >= 0.6 is 0 Å². The van der Waals surface area contributed by atoms with Crippen molar-refractivity contribution >= 4 is 6.08 Å². The zero-order valence-corrected chi connectivity index (χ0v) is 8.28. The molecule has 13 heavy (non-hydrogen) atoms. The molecule has 0 radical (unpaired) electrons. The van der Waals surface area contributed by atoms with Crippen molar-refractivity contribution in [1.29, 1.82) is 0 Å². The Bertz CT molecular complexity index is 334. The molecule has 1 aliphatic rings. The lowest BCUT2D eigenvalue weighted by atomic mass is 9.99. The summed E-state index contributed by atoms with van der Waals surface area (Å²) in [7, 11) is 2.00. The van der Waals surface area contributed by atoms with E-state index in [4.69, 9.17) is 0 Å². The van der Waals surface area contributed by atoms with Crippen molar-refractivity contribution < 1.29 is 0 Å². The number of allylic oxidation sites excluding steroid dienone is 1. The zero-order valence-electron chi connectivity index (χ0n) is 8.28. The standard InChI is InChI=1S/C11H16N2/c1-8-10(7-12-2)9-5-3-4-6-11(9)13-8/h4,6,12-13H,3,5,7H2,1-2H3. The van der Waals surface area contributed by atoms with E-state index in [-0.39, 0.29) is 0 Å². The van der Waals surface area contributed by atoms with E-state index in [1.807, 2.05) is 7.05 Å². The number of rotatable bonds is 2. The first kappa shape index (κ1) is 8.57. The minimum atomic E-state index is 0.978. The van der Waals surface area contributed by atoms with Gasteiger partial charge in [0.25, 0.3) is 0 Å². The quantitative estimate of drug-likeness (QED) is 0.708. The van der Waals surface area contributed by atoms with E-state index in [1.165, 1.54) is 35.4 Å². The second-order valence-corrected chi connectivity index (χ2v) is 3.59. The topological polar surface area (TPSA) is 27.8 Å². The molecular formula is C11H16N2. The molecule has 2 nitrogen and oxygen atoms in total. The smallest absolute Gasteiger partial charge is 0.0415 e. The van der Waals surface area contributed by atoms with E-state index in [2.05, 4.69) is 29.4 Å². The van der Waals surface area contributed by atoms with Gasteiger partial charge in [0.1, 0.15) is 0 Å². The van der Waals surface area contributed by atoms with E-state index >= 15 is 0 Å². The molecule has 2 N–H and O–H groups in total. The number of H-pyrrole nitrogens is 1. The number of fused-ring (bicyclic) bond motifs is 1. The van der Waals surface area contributed by atoms with Gasteiger partial charge in [-0.1, -0.05) is 6.08 Å². The Morgan fingerprint density at radius 1 is 1.54 bits per heavy atom. The number of nitrogens with one attached hydrogen (secondary N) is 2. The lowest BCUT2D eigenvalue weighted by Gasteiger charge is -2.07. The monoisotopic (exact) mass is 176 g/mol. The molecule has 2 rings (SSSR count). The normalized spacial score (nSPS) is 14.6. The summed E-state index contributed by atoms with van der Waals surface area (Å²) in [6.45, 7) is 3.13. The van der Waals surface area contributed by atoms with Gasteiger partial charge in [0.05, 0.1) is 0 Å². The lowest BCUT2D eigenvalue weighted by molar-refractivity contribution is 0.797. The van der Waals surface area contributed by atoms with Gasteiger partial charge in [0, 0.05) is 17.9 Å². The van der Waals surface area contributed by atoms with Crippen molar-refractivity contribution in [3.63, 3.8) is 0 Å². The fourth-order valence-electron chi connectivity index (χ4n) is 2.01. The molecule has 1 aromatic rings. The van der Waals surface area contributed by atoms with Crippen LogP contribution in [0.5, 0.6) is 0 Å². The third-order valence-electron chi connectivity index (χ3n) is 2.66. The van der Waals surface area contributed by atoms with Crippen molar-refractivity contribution in [3.05, 3.63) is 28.6 Å². The van der Waals surface area contributed by atoms with Gasteiger partial charge in [-0.2, -0.15) is 0 Å². The molecule has 0 unspecified atom stereocenters. The summed E-state index contributed by atoms with van der Waals surface area (Å²) < 4.78 is 0. The van der Waals surface area contributed by atoms with Gasteiger partial charge < -0.3 is 10.3 Å². The van der Waals surface area contributed by atoms with Gasteiger partial charge in [-0.25, -0.2) is 0 Å². The maximum atomic E-state index is 3.42. The van der Waals surface area contributed by atoms with Gasteiger partial charge in [0.2, 0.25) is 0 Å². The van der Waals surface area contributed by atoms with Crippen molar-refractivity contribution in [2.45, 2.75) is 26.3 Å². The van der Waals surface area contributed by atoms with Crippen LogP contribution in [0.1, 0.15) is 28.9 Å². The molecule has 0 spiro atoms. The van der Waals surface area contributed by atoms with E-state index in [0.717, 1.165) is 6.54 Å². The zero-order chi connectivity index (χ0) is 9.26. The van der Waals surface area contributed by atoms with Gasteiger partial charge in [-0.3, -0.25) is 0 Å². The second-order valence-electron chi connectivity index (χ2n) is 3.59. The molecule has 1 heterocycles. The molecule has 0 saturated carbocycles. The molecule has 0 aliphatic heterocycles. The number of hydrogen-bond acceptors (Lipinski definition) is 1. The minimum Gasteiger partial charge on any atom is -0.359 e. The molecule has 1 aromatic heterocycles. The summed E-state index contributed by atoms with van der Waals surface area (Å²) in [6, 6.07) is 0. The van der Waals surface area contributed by atoms with E-state index in [1.54, 1.807) is 0 Å². The Labute approximate surface area is 79.0 Å². The Balaban J connectivity index is 2.43. The molecule has 0 bridgehead atoms. The van der Waals surface area contributed by atoms with Crippen LogP contribution in [0.4, 0.5) is 0 Å². The first-order valence-electron chi connectivity index (χ1n) is 4.84. The van der Waals surface area contributed by atoms with E-state index in [9.17, 15) is 0 Å². The average molecular weight is 176 g/mol. The largest absolute Gasteiger partial charge is 0.359 e. The highest BCUT2D eigenvalue weighted by atomic mass is 14.8. The molecule has 70 valence electrons. The van der Waals surface area contributed by atoms with Crippen LogP contribution in [0, 0.1) is 6.92 Å². The summed E-state index contributed by atoms with van der Waals surface area (Å²) in [5.74, 6) is 0. The first-order chi connectivity index (χ1) is 6.33. The fraction of sp³-hybridized carbons (Fsp3) is 0.455. The van der Waals surface area contributed by atoms with Crippen molar-refractivity contribution in [2.75, 3.05) is 7.05 Å². The van der Waals surface area contributed by atoms with Gasteiger partial charge in [-0.15, -0.1) is 0 Å². The Kier molecular flexibility index (Phi) is 2.23. The van der Waals surface area contributed by atoms with Gasteiger partial charge in [0.15, 0.2) is 0 Å². The summed E-state index contributed by atoms with van der Waals surface area (Å²) in [6.07, 6.45) is 6.81. The highest BCUT2D eigenvalue weighted by Gasteiger charge is 2.13. The lowest BCUT2D eigenvalue weighted by Crippen LogP contribution is -2.08. The van der Waals surface area contributed by atoms with E-state index < -0.39 is 0 Å². The molecule has 2 heteroatoms. The predicted molar refractivity (Wildman–Crippen MR) is 55.6 cm³/mol. The Morgan fingerprint density at radius 2 is 2.38 bits per heavy atom. The average Bonchev–Trinajstić information content (AvgIpc) is 2.44. The third-order valence-corrected chi connectivity index (χ3v) is 2.66. The van der Waals surface area contributed by atoms with Gasteiger partial charge >= 0.3 is 0 Å². The molecule has 0 atom stereocenters. The number of aryl methyl sites for hydroxylation is 1. The van der Waals surface area contributed by atoms with Crippen molar-refractivity contribution in [1.82, 2.24) is 10.3 Å². The molecule has 0 fully saturated rings. The molecule has 1 aliphatic carbocycles. The van der Waals surface area contributed by atoms with Crippen LogP contribution in [0.15, 0.2) is 6.08 Å². The summed E-state index contributed by atoms with van der Waals surface area (Å²) in [5, 5.41) is 3.22. The third kappa shape index (κ3) is 1.42. The first-order valence-corrected chi connectivity index (χ1v) is 4.84. The van der Waals surface area contributed by atoms with Crippen LogP contribution < -0.4 is 5.32 Å². The molecule has 0 saturated heterocycles. The number of aromatic nitrogens is 1. The molecular weight excluding hydrogens is 160 g/mol. The molecule has 0 aromatic carbocycles. The van der Waals surface area contributed by atoms with Crippen LogP contribution in [-0.2, 0) is 13.0 Å². The SMILES string of the molecule is CNCc1c(C)[nH]c2c1CCC=C2. The van der Waals surface area contributed by atoms with Crippen LogP contribution in [0.25, 0.3) is 6.08 Å². The Hall–Kier alpha value is -1.02. The highest BCUT2D eigenvalue weighted by Crippen LogP contribution is 2.24. The Morgan fingerprint density at radius 3 is 3.15 bits per heavy atom. The highest BCUT2D eigenvalue weighted by molar-refractivity contribution is 5.56. The van der Waals surface area contributed by atoms with Crippen molar-refractivity contribution in [2.24, 2.45) is 0 Å².